The van der Waals surface area contributed by atoms with Gasteiger partial charge in [-0.2, -0.15) is 0 Å². The molecule has 1 saturated heterocycles. The van der Waals surface area contributed by atoms with Crippen molar-refractivity contribution in [3.8, 4) is 0 Å². The number of hydrazine groups is 1. The van der Waals surface area contributed by atoms with Gasteiger partial charge in [0.25, 0.3) is 5.91 Å². The first kappa shape index (κ1) is 29.7. The first-order valence-corrected chi connectivity index (χ1v) is 12.3. The molecule has 11 nitrogen and oxygen atoms in total. The summed E-state index contributed by atoms with van der Waals surface area (Å²) in [4.78, 5) is 39.1. The Hall–Kier alpha value is -3.57. The number of likely N-dealkylation sites (tertiary alicyclic amines) is 1. The number of nitrogens with two attached hydrogens (primary N) is 2. The van der Waals surface area contributed by atoms with Crippen LogP contribution in [0, 0.1) is 5.92 Å². The van der Waals surface area contributed by atoms with Gasteiger partial charge in [0.2, 0.25) is 12.3 Å². The van der Waals surface area contributed by atoms with E-state index < -0.39 is 0 Å². The van der Waals surface area contributed by atoms with E-state index >= 15 is 0 Å². The second-order valence-corrected chi connectivity index (χ2v) is 9.23. The van der Waals surface area contributed by atoms with Gasteiger partial charge in [0.05, 0.1) is 19.9 Å². The number of piperidine rings is 1. The highest BCUT2D eigenvalue weighted by atomic mass is 35.5. The normalized spacial score (nSPS) is 15.0. The van der Waals surface area contributed by atoms with E-state index in [0.717, 1.165) is 30.4 Å². The maximum Gasteiger partial charge on any atom is 0.290 e. The SMILES string of the molecule is CO/C(=C\NC=O)C(=O)N(C)CCC1CCN(C(=O)/C=C/c2ccc(Cl)cc2CN(N)/N=C(/C)N)CC1. The summed E-state index contributed by atoms with van der Waals surface area (Å²) in [5.74, 6) is 6.31. The number of carbonyl (C=O) groups is 3. The van der Waals surface area contributed by atoms with Crippen molar-refractivity contribution in [3.63, 3.8) is 0 Å². The van der Waals surface area contributed by atoms with E-state index in [1.165, 1.54) is 18.4 Å². The highest BCUT2D eigenvalue weighted by molar-refractivity contribution is 6.30. The summed E-state index contributed by atoms with van der Waals surface area (Å²) in [6, 6.07) is 5.37. The number of ether oxygens (including phenoxy) is 1. The minimum absolute atomic E-state index is 0.0621. The third-order valence-electron chi connectivity index (χ3n) is 5.99. The molecule has 1 aromatic rings. The molecular weight excluding hydrogens is 498 g/mol. The number of halogens is 1. The maximum absolute atomic E-state index is 12.8. The van der Waals surface area contributed by atoms with Crippen molar-refractivity contribution in [1.29, 1.82) is 0 Å². The van der Waals surface area contributed by atoms with Gasteiger partial charge in [0.1, 0.15) is 5.84 Å². The van der Waals surface area contributed by atoms with Crippen LogP contribution >= 0.6 is 11.6 Å². The van der Waals surface area contributed by atoms with Crippen molar-refractivity contribution in [1.82, 2.24) is 20.2 Å². The zero-order valence-electron chi connectivity index (χ0n) is 21.5. The van der Waals surface area contributed by atoms with Crippen molar-refractivity contribution in [3.05, 3.63) is 52.4 Å². The molecule has 0 atom stereocenters. The van der Waals surface area contributed by atoms with Crippen molar-refractivity contribution in [2.75, 3.05) is 33.8 Å². The van der Waals surface area contributed by atoms with Gasteiger partial charge in [-0.3, -0.25) is 14.4 Å². The van der Waals surface area contributed by atoms with Crippen molar-refractivity contribution < 1.29 is 19.1 Å². The Balaban J connectivity index is 1.88. The predicted molar refractivity (Wildman–Crippen MR) is 143 cm³/mol. The Bertz CT molecular complexity index is 1030. The van der Waals surface area contributed by atoms with Crippen LogP contribution in [0.15, 0.2) is 41.3 Å². The van der Waals surface area contributed by atoms with E-state index in [1.807, 2.05) is 11.0 Å². The molecule has 0 saturated carbocycles. The second-order valence-electron chi connectivity index (χ2n) is 8.80. The van der Waals surface area contributed by atoms with Crippen LogP contribution in [0.1, 0.15) is 37.3 Å². The molecule has 1 fully saturated rings. The van der Waals surface area contributed by atoms with E-state index in [0.29, 0.717) is 42.8 Å². The van der Waals surface area contributed by atoms with Gasteiger partial charge in [-0.1, -0.05) is 17.7 Å². The first-order chi connectivity index (χ1) is 17.6. The summed E-state index contributed by atoms with van der Waals surface area (Å²) < 4.78 is 5.04. The summed E-state index contributed by atoms with van der Waals surface area (Å²) in [5, 5.41) is 8.10. The van der Waals surface area contributed by atoms with E-state index in [2.05, 4.69) is 10.4 Å². The molecule has 3 amide bonds. The Labute approximate surface area is 222 Å². The molecular formula is C25H36ClN7O4. The highest BCUT2D eigenvalue weighted by Crippen LogP contribution is 2.22. The fourth-order valence-electron chi connectivity index (χ4n) is 3.98. The Kier molecular flexibility index (Phi) is 11.9. The minimum Gasteiger partial charge on any atom is -0.490 e. The first-order valence-electron chi connectivity index (χ1n) is 11.9. The molecule has 1 aromatic carbocycles. The average molecular weight is 534 g/mol. The number of amidine groups is 1. The molecule has 0 aliphatic carbocycles. The van der Waals surface area contributed by atoms with Gasteiger partial charge in [-0.05, 0) is 61.4 Å². The standard InChI is InChI=1S/C25H36ClN7O4/c1-18(27)30-33(28)16-21-14-22(26)6-4-20(21)5-7-24(35)32-12-9-19(10-13-32)8-11-31(2)25(36)23(37-3)15-29-17-34/h4-7,14-15,17,19H,8-13,16,28H2,1-3H3,(H2,27,30)(H,29,34)/b7-5+,23-15-. The van der Waals surface area contributed by atoms with Crippen LogP contribution in [-0.4, -0.2) is 72.8 Å². The zero-order valence-corrected chi connectivity index (χ0v) is 22.3. The lowest BCUT2D eigenvalue weighted by molar-refractivity contribution is -0.129. The highest BCUT2D eigenvalue weighted by Gasteiger charge is 2.23. The van der Waals surface area contributed by atoms with Gasteiger partial charge < -0.3 is 25.6 Å². The van der Waals surface area contributed by atoms with Gasteiger partial charge in [-0.25, -0.2) is 11.0 Å². The Morgan fingerprint density at radius 3 is 2.65 bits per heavy atom. The molecule has 37 heavy (non-hydrogen) atoms. The molecule has 0 radical (unpaired) electrons. The van der Waals surface area contributed by atoms with Crippen LogP contribution < -0.4 is 16.9 Å². The summed E-state index contributed by atoms with van der Waals surface area (Å²) in [6.45, 7) is 3.76. The van der Waals surface area contributed by atoms with Gasteiger partial charge in [-0.15, -0.1) is 5.10 Å². The lowest BCUT2D eigenvalue weighted by Crippen LogP contribution is -2.38. The average Bonchev–Trinajstić information content (AvgIpc) is 2.86. The lowest BCUT2D eigenvalue weighted by atomic mass is 9.93. The third kappa shape index (κ3) is 9.77. The molecule has 5 N–H and O–H groups in total. The van der Waals surface area contributed by atoms with Crippen LogP contribution in [0.25, 0.3) is 6.08 Å². The summed E-state index contributed by atoms with van der Waals surface area (Å²) in [5.41, 5.74) is 7.21. The van der Waals surface area contributed by atoms with Gasteiger partial charge in [0.15, 0.2) is 5.76 Å². The number of nitrogens with one attached hydrogen (secondary N) is 1. The Morgan fingerprint density at radius 2 is 2.03 bits per heavy atom. The second kappa shape index (κ2) is 14.9. The lowest BCUT2D eigenvalue weighted by Gasteiger charge is -2.32. The smallest absolute Gasteiger partial charge is 0.290 e. The van der Waals surface area contributed by atoms with Crippen molar-refractivity contribution in [2.45, 2.75) is 32.7 Å². The number of likely N-dealkylation sites (N-methyl/N-ethyl adjacent to an activating group) is 1. The van der Waals surface area contributed by atoms with Crippen molar-refractivity contribution >= 4 is 41.7 Å². The van der Waals surface area contributed by atoms with Crippen LogP contribution in [0.2, 0.25) is 5.02 Å². The van der Waals surface area contributed by atoms with Gasteiger partial charge in [0, 0.05) is 37.8 Å². The van der Waals surface area contributed by atoms with E-state index in [4.69, 9.17) is 27.9 Å². The quantitative estimate of drug-likeness (QED) is 0.0703. The molecule has 0 aromatic heterocycles. The third-order valence-corrected chi connectivity index (χ3v) is 6.22. The fourth-order valence-corrected chi connectivity index (χ4v) is 4.17. The molecule has 1 aliphatic heterocycles. The van der Waals surface area contributed by atoms with Crippen LogP contribution in [-0.2, 0) is 25.7 Å². The number of rotatable bonds is 12. The van der Waals surface area contributed by atoms with E-state index in [-0.39, 0.29) is 24.1 Å². The van der Waals surface area contributed by atoms with Crippen molar-refractivity contribution in [2.24, 2.45) is 22.6 Å². The molecule has 202 valence electrons. The van der Waals surface area contributed by atoms with Crippen LogP contribution in [0.3, 0.4) is 0 Å². The Morgan fingerprint density at radius 1 is 1.32 bits per heavy atom. The summed E-state index contributed by atoms with van der Waals surface area (Å²) in [6.07, 6.45) is 7.54. The minimum atomic E-state index is -0.307. The number of benzene rings is 1. The van der Waals surface area contributed by atoms with E-state index in [1.54, 1.807) is 43.2 Å². The molecule has 0 bridgehead atoms. The zero-order chi connectivity index (χ0) is 27.4. The number of carbonyl (C=O) groups excluding carboxylic acids is 3. The molecule has 1 heterocycles. The largest absolute Gasteiger partial charge is 0.490 e. The maximum atomic E-state index is 12.8. The number of hydrogen-bond acceptors (Lipinski definition) is 7. The van der Waals surface area contributed by atoms with Gasteiger partial charge >= 0.3 is 0 Å². The fraction of sp³-hybridized carbons (Fsp3) is 0.440. The monoisotopic (exact) mass is 533 g/mol. The summed E-state index contributed by atoms with van der Waals surface area (Å²) >= 11 is 6.14. The number of amides is 3. The van der Waals surface area contributed by atoms with Crippen LogP contribution in [0.4, 0.5) is 0 Å². The number of hydrogen-bond donors (Lipinski definition) is 3. The number of hydrazone groups is 1. The number of nitrogens with zero attached hydrogens (tertiary/aromatic N) is 4. The molecule has 12 heteroatoms. The van der Waals surface area contributed by atoms with E-state index in [9.17, 15) is 14.4 Å². The number of methoxy groups -OCH3 is 1. The van der Waals surface area contributed by atoms with Crippen LogP contribution in [0.5, 0.6) is 0 Å². The molecule has 0 unspecified atom stereocenters. The molecule has 2 rings (SSSR count). The predicted octanol–water partition coefficient (Wildman–Crippen LogP) is 1.64. The molecule has 1 aliphatic rings. The topological polar surface area (TPSA) is 147 Å². The summed E-state index contributed by atoms with van der Waals surface area (Å²) in [7, 11) is 3.07. The molecule has 0 spiro atoms.